The van der Waals surface area contributed by atoms with Gasteiger partial charge in [-0.25, -0.2) is 4.39 Å². The van der Waals surface area contributed by atoms with Crippen molar-refractivity contribution in [2.75, 3.05) is 20.6 Å². The van der Waals surface area contributed by atoms with Crippen LogP contribution in [0.1, 0.15) is 13.0 Å². The first-order valence-corrected chi connectivity index (χ1v) is 6.42. The molecule has 0 bridgehead atoms. The summed E-state index contributed by atoms with van der Waals surface area (Å²) < 4.78 is 15.4. The Morgan fingerprint density at radius 1 is 1.42 bits per heavy atom. The van der Waals surface area contributed by atoms with Crippen LogP contribution in [0, 0.1) is 5.82 Å². The number of rotatable bonds is 3. The Morgan fingerprint density at radius 2 is 2.11 bits per heavy atom. The molecule has 1 heterocycles. The zero-order valence-corrected chi connectivity index (χ0v) is 11.9. The van der Waals surface area contributed by atoms with Crippen molar-refractivity contribution in [3.05, 3.63) is 45.5 Å². The van der Waals surface area contributed by atoms with Crippen LogP contribution in [0.2, 0.25) is 5.02 Å². The van der Waals surface area contributed by atoms with Crippen molar-refractivity contribution in [1.82, 2.24) is 9.47 Å². The monoisotopic (exact) mass is 282 g/mol. The number of hydrogen-bond donors (Lipinski definition) is 0. The van der Waals surface area contributed by atoms with Gasteiger partial charge in [0.1, 0.15) is 5.82 Å². The zero-order chi connectivity index (χ0) is 14.2. The van der Waals surface area contributed by atoms with Gasteiger partial charge in [0.15, 0.2) is 5.43 Å². The molecule has 3 nitrogen and oxygen atoms in total. The summed E-state index contributed by atoms with van der Waals surface area (Å²) in [6.45, 7) is 2.86. The number of hydrogen-bond acceptors (Lipinski definition) is 2. The Bertz CT molecular complexity index is 666. The van der Waals surface area contributed by atoms with Gasteiger partial charge in [-0.1, -0.05) is 11.6 Å². The summed E-state index contributed by atoms with van der Waals surface area (Å²) in [5.74, 6) is -0.565. The van der Waals surface area contributed by atoms with E-state index in [4.69, 9.17) is 11.6 Å². The lowest BCUT2D eigenvalue weighted by Gasteiger charge is -2.22. The number of aromatic nitrogens is 1. The molecule has 0 saturated heterocycles. The highest BCUT2D eigenvalue weighted by molar-refractivity contribution is 6.31. The maximum absolute atomic E-state index is 13.5. The Balaban J connectivity index is 2.66. The maximum Gasteiger partial charge on any atom is 0.189 e. The second kappa shape index (κ2) is 5.31. The van der Waals surface area contributed by atoms with Crippen molar-refractivity contribution in [1.29, 1.82) is 0 Å². The second-order valence-electron chi connectivity index (χ2n) is 4.98. The summed E-state index contributed by atoms with van der Waals surface area (Å²) in [5, 5.41) is 0.388. The quantitative estimate of drug-likeness (QED) is 0.865. The van der Waals surface area contributed by atoms with E-state index in [1.54, 1.807) is 6.20 Å². The van der Waals surface area contributed by atoms with Crippen LogP contribution in [0.15, 0.2) is 29.2 Å². The van der Waals surface area contributed by atoms with Gasteiger partial charge < -0.3 is 9.47 Å². The zero-order valence-electron chi connectivity index (χ0n) is 11.2. The molecule has 0 fully saturated rings. The topological polar surface area (TPSA) is 25.2 Å². The number of halogens is 2. The van der Waals surface area contributed by atoms with Gasteiger partial charge in [0.25, 0.3) is 0 Å². The fourth-order valence-electron chi connectivity index (χ4n) is 2.27. The summed E-state index contributed by atoms with van der Waals surface area (Å²) in [7, 11) is 3.96. The second-order valence-corrected chi connectivity index (χ2v) is 5.39. The molecule has 1 aromatic carbocycles. The lowest BCUT2D eigenvalue weighted by molar-refractivity contribution is 0.340. The van der Waals surface area contributed by atoms with E-state index < -0.39 is 5.82 Å². The minimum absolute atomic E-state index is 0.0314. The Hall–Kier alpha value is -1.39. The molecule has 0 aliphatic carbocycles. The first kappa shape index (κ1) is 14.0. The molecule has 0 radical (unpaired) electrons. The van der Waals surface area contributed by atoms with Gasteiger partial charge >= 0.3 is 0 Å². The smallest absolute Gasteiger partial charge is 0.189 e. The van der Waals surface area contributed by atoms with E-state index in [-0.39, 0.29) is 16.5 Å². The van der Waals surface area contributed by atoms with Gasteiger partial charge in [0.2, 0.25) is 0 Å². The first-order chi connectivity index (χ1) is 8.90. The molecule has 2 rings (SSSR count). The minimum Gasteiger partial charge on any atom is -0.343 e. The molecule has 0 amide bonds. The van der Waals surface area contributed by atoms with E-state index in [0.29, 0.717) is 10.9 Å². The van der Waals surface area contributed by atoms with Crippen molar-refractivity contribution in [3.63, 3.8) is 0 Å². The van der Waals surface area contributed by atoms with Gasteiger partial charge in [0, 0.05) is 30.2 Å². The van der Waals surface area contributed by atoms with E-state index in [2.05, 4.69) is 4.90 Å². The third kappa shape index (κ3) is 2.80. The fourth-order valence-corrected chi connectivity index (χ4v) is 2.42. The molecule has 102 valence electrons. The van der Waals surface area contributed by atoms with E-state index in [1.807, 2.05) is 25.6 Å². The fraction of sp³-hybridized carbons (Fsp3) is 0.357. The summed E-state index contributed by atoms with van der Waals surface area (Å²) in [4.78, 5) is 13.9. The van der Waals surface area contributed by atoms with Crippen LogP contribution >= 0.6 is 11.6 Å². The van der Waals surface area contributed by atoms with Crippen molar-refractivity contribution in [3.8, 4) is 0 Å². The molecule has 0 aliphatic rings. The molecule has 19 heavy (non-hydrogen) atoms. The third-order valence-corrected chi connectivity index (χ3v) is 3.36. The molecule has 1 atom stereocenters. The van der Waals surface area contributed by atoms with Gasteiger partial charge in [0.05, 0.1) is 10.5 Å². The normalized spacial score (nSPS) is 13.2. The predicted molar refractivity (Wildman–Crippen MR) is 76.4 cm³/mol. The van der Waals surface area contributed by atoms with Crippen LogP contribution in [0.5, 0.6) is 0 Å². The number of nitrogens with zero attached hydrogens (tertiary/aromatic N) is 2. The van der Waals surface area contributed by atoms with E-state index in [0.717, 1.165) is 6.54 Å². The van der Waals surface area contributed by atoms with E-state index >= 15 is 0 Å². The number of fused-ring (bicyclic) bond motifs is 1. The highest BCUT2D eigenvalue weighted by Gasteiger charge is 2.12. The third-order valence-electron chi connectivity index (χ3n) is 3.07. The Labute approximate surface area is 116 Å². The molecule has 0 spiro atoms. The van der Waals surface area contributed by atoms with Crippen LogP contribution in [-0.2, 0) is 0 Å². The standard InChI is InChI=1S/C14H16ClFN2O/c1-9(8-17(2)3)18-5-4-14(19)10-6-12(16)11(15)7-13(10)18/h4-7,9H,8H2,1-3H3. The van der Waals surface area contributed by atoms with Crippen molar-refractivity contribution in [2.45, 2.75) is 13.0 Å². The van der Waals surface area contributed by atoms with Gasteiger partial charge in [-0.05, 0) is 33.2 Å². The average molecular weight is 283 g/mol. The van der Waals surface area contributed by atoms with Gasteiger partial charge in [-0.15, -0.1) is 0 Å². The van der Waals surface area contributed by atoms with E-state index in [9.17, 15) is 9.18 Å². The Kier molecular flexibility index (Phi) is 3.92. The summed E-state index contributed by atoms with van der Waals surface area (Å²) >= 11 is 5.82. The van der Waals surface area contributed by atoms with Gasteiger partial charge in [-0.3, -0.25) is 4.79 Å². The van der Waals surface area contributed by atoms with Crippen molar-refractivity contribution >= 4 is 22.5 Å². The van der Waals surface area contributed by atoms with Crippen LogP contribution in [0.4, 0.5) is 4.39 Å². The van der Waals surface area contributed by atoms with Gasteiger partial charge in [-0.2, -0.15) is 0 Å². The van der Waals surface area contributed by atoms with Crippen LogP contribution < -0.4 is 5.43 Å². The van der Waals surface area contributed by atoms with Crippen molar-refractivity contribution < 1.29 is 4.39 Å². The molecule has 0 saturated carbocycles. The average Bonchev–Trinajstić information content (AvgIpc) is 2.31. The van der Waals surface area contributed by atoms with Crippen LogP contribution in [-0.4, -0.2) is 30.1 Å². The lowest BCUT2D eigenvalue weighted by atomic mass is 10.1. The predicted octanol–water partition coefficient (Wildman–Crippen LogP) is 2.92. The summed E-state index contributed by atoms with van der Waals surface area (Å²) in [6, 6.07) is 4.33. The van der Waals surface area contributed by atoms with Crippen LogP contribution in [0.25, 0.3) is 10.9 Å². The molecule has 1 unspecified atom stereocenters. The van der Waals surface area contributed by atoms with Crippen molar-refractivity contribution in [2.24, 2.45) is 0 Å². The summed E-state index contributed by atoms with van der Waals surface area (Å²) in [6.07, 6.45) is 1.73. The molecular formula is C14H16ClFN2O. The minimum atomic E-state index is -0.565. The highest BCUT2D eigenvalue weighted by Crippen LogP contribution is 2.23. The summed E-state index contributed by atoms with van der Waals surface area (Å²) in [5.41, 5.74) is 0.465. The molecular weight excluding hydrogens is 267 g/mol. The molecule has 2 aromatic rings. The molecule has 0 aliphatic heterocycles. The maximum atomic E-state index is 13.5. The number of likely N-dealkylation sites (N-methyl/N-ethyl adjacent to an activating group) is 1. The first-order valence-electron chi connectivity index (χ1n) is 6.05. The van der Waals surface area contributed by atoms with Crippen LogP contribution in [0.3, 0.4) is 0 Å². The lowest BCUT2D eigenvalue weighted by Crippen LogP contribution is -2.23. The Morgan fingerprint density at radius 3 is 2.74 bits per heavy atom. The molecule has 1 aromatic heterocycles. The number of pyridine rings is 1. The largest absolute Gasteiger partial charge is 0.343 e. The SMILES string of the molecule is CC(CN(C)C)n1ccc(=O)c2cc(F)c(Cl)cc21. The number of benzene rings is 1. The molecule has 0 N–H and O–H groups in total. The molecule has 5 heteroatoms. The highest BCUT2D eigenvalue weighted by atomic mass is 35.5. The van der Waals surface area contributed by atoms with E-state index in [1.165, 1.54) is 18.2 Å².